The number of piperidine rings is 1. The molecule has 7 heteroatoms. The fourth-order valence-corrected chi connectivity index (χ4v) is 4.70. The molecule has 0 amide bonds. The zero-order valence-corrected chi connectivity index (χ0v) is 24.3. The number of halogens is 1. The standard InChI is InChI=1S/C14H12ClNO.C13H17N3.C6H6S/c15-13-6-4-11(5-7-13)9-16-14-3-1-2-12(8-14)10-17;1-16-8-6-10(7-9-16)13-14-11-4-2-3-5-12(11)15-13;7-6-4-2-1-3-5-6/h1-8,10,16H,9H2;2-5,10H,6-9H2,1H3,(H,14,15);1-5,7H. The van der Waals surface area contributed by atoms with Crippen molar-refractivity contribution in [2.75, 3.05) is 25.5 Å². The number of fused-ring (bicyclic) bond motifs is 1. The Morgan fingerprint density at radius 1 is 0.950 bits per heavy atom. The van der Waals surface area contributed by atoms with Gasteiger partial charge < -0.3 is 15.2 Å². The van der Waals surface area contributed by atoms with Crippen molar-refractivity contribution in [1.82, 2.24) is 14.9 Å². The predicted octanol–water partition coefficient (Wildman–Crippen LogP) is 8.11. The van der Waals surface area contributed by atoms with Gasteiger partial charge in [0.05, 0.1) is 11.0 Å². The highest BCUT2D eigenvalue weighted by molar-refractivity contribution is 7.80. The van der Waals surface area contributed by atoms with Gasteiger partial charge in [-0.2, -0.15) is 0 Å². The number of hydrogen-bond acceptors (Lipinski definition) is 5. The molecule has 1 aliphatic heterocycles. The van der Waals surface area contributed by atoms with Gasteiger partial charge in [-0.25, -0.2) is 4.98 Å². The van der Waals surface area contributed by atoms with Crippen molar-refractivity contribution in [2.24, 2.45) is 0 Å². The molecule has 2 heterocycles. The summed E-state index contributed by atoms with van der Waals surface area (Å²) in [6.45, 7) is 3.07. The van der Waals surface area contributed by atoms with E-state index in [1.165, 1.54) is 31.8 Å². The Balaban J connectivity index is 0.000000150. The Kier molecular flexibility index (Phi) is 11.2. The van der Waals surface area contributed by atoms with E-state index >= 15 is 0 Å². The molecule has 40 heavy (non-hydrogen) atoms. The van der Waals surface area contributed by atoms with Gasteiger partial charge in [-0.1, -0.05) is 66.2 Å². The van der Waals surface area contributed by atoms with E-state index in [0.717, 1.165) is 38.5 Å². The number of anilines is 1. The second-order valence-electron chi connectivity index (χ2n) is 9.78. The van der Waals surface area contributed by atoms with E-state index in [1.807, 2.05) is 78.9 Å². The number of rotatable bonds is 5. The number of aldehydes is 1. The lowest BCUT2D eigenvalue weighted by Crippen LogP contribution is -2.29. The number of carbonyl (C=O) groups is 1. The second-order valence-corrected chi connectivity index (χ2v) is 10.7. The van der Waals surface area contributed by atoms with Crippen molar-refractivity contribution < 1.29 is 4.79 Å². The number of para-hydroxylation sites is 2. The molecular weight excluding hydrogens is 536 g/mol. The molecule has 206 valence electrons. The number of hydrogen-bond donors (Lipinski definition) is 3. The summed E-state index contributed by atoms with van der Waals surface area (Å²) in [6, 6.07) is 33.1. The summed E-state index contributed by atoms with van der Waals surface area (Å²) in [5, 5.41) is 3.99. The average Bonchev–Trinajstić information content (AvgIpc) is 3.43. The first-order valence-corrected chi connectivity index (χ1v) is 14.2. The molecule has 0 saturated carbocycles. The molecule has 1 aromatic heterocycles. The van der Waals surface area contributed by atoms with E-state index < -0.39 is 0 Å². The van der Waals surface area contributed by atoms with Gasteiger partial charge >= 0.3 is 0 Å². The van der Waals surface area contributed by atoms with Crippen LogP contribution in [-0.4, -0.2) is 41.3 Å². The summed E-state index contributed by atoms with van der Waals surface area (Å²) < 4.78 is 0. The van der Waals surface area contributed by atoms with E-state index in [0.29, 0.717) is 18.0 Å². The lowest BCUT2D eigenvalue weighted by molar-refractivity contribution is 0.112. The molecule has 4 aromatic carbocycles. The van der Waals surface area contributed by atoms with Crippen LogP contribution >= 0.6 is 24.2 Å². The molecule has 0 bridgehead atoms. The normalized spacial score (nSPS) is 13.5. The van der Waals surface area contributed by atoms with Crippen LogP contribution in [0.4, 0.5) is 5.69 Å². The van der Waals surface area contributed by atoms with E-state index in [2.05, 4.69) is 58.1 Å². The maximum atomic E-state index is 10.6. The summed E-state index contributed by atoms with van der Waals surface area (Å²) >= 11 is 9.89. The summed E-state index contributed by atoms with van der Waals surface area (Å²) in [6.07, 6.45) is 3.28. The fourth-order valence-electron chi connectivity index (χ4n) is 4.40. The lowest BCUT2D eigenvalue weighted by atomic mass is 9.97. The molecule has 6 rings (SSSR count). The maximum Gasteiger partial charge on any atom is 0.150 e. The van der Waals surface area contributed by atoms with Crippen LogP contribution in [0.2, 0.25) is 5.02 Å². The molecule has 1 fully saturated rings. The highest BCUT2D eigenvalue weighted by atomic mass is 35.5. The van der Waals surface area contributed by atoms with Crippen molar-refractivity contribution in [2.45, 2.75) is 30.2 Å². The minimum absolute atomic E-state index is 0.614. The number of nitrogens with one attached hydrogen (secondary N) is 2. The average molecular weight is 571 g/mol. The number of nitrogens with zero attached hydrogens (tertiary/aromatic N) is 2. The van der Waals surface area contributed by atoms with Gasteiger partial charge in [0.1, 0.15) is 12.1 Å². The monoisotopic (exact) mass is 570 g/mol. The fraction of sp³-hybridized carbons (Fsp3) is 0.212. The zero-order valence-electron chi connectivity index (χ0n) is 22.6. The summed E-state index contributed by atoms with van der Waals surface area (Å²) in [7, 11) is 2.19. The van der Waals surface area contributed by atoms with Crippen molar-refractivity contribution in [3.05, 3.63) is 125 Å². The first-order chi connectivity index (χ1) is 19.5. The molecule has 2 N–H and O–H groups in total. The van der Waals surface area contributed by atoms with Crippen LogP contribution in [0.1, 0.15) is 40.5 Å². The Morgan fingerprint density at radius 3 is 2.30 bits per heavy atom. The quantitative estimate of drug-likeness (QED) is 0.147. The van der Waals surface area contributed by atoms with Crippen LogP contribution in [0.25, 0.3) is 11.0 Å². The number of benzene rings is 4. The van der Waals surface area contributed by atoms with Crippen LogP contribution in [0.3, 0.4) is 0 Å². The summed E-state index contributed by atoms with van der Waals surface area (Å²) in [5.41, 5.74) is 5.01. The number of likely N-dealkylation sites (tertiary alicyclic amines) is 1. The summed E-state index contributed by atoms with van der Waals surface area (Å²) in [5.74, 6) is 1.79. The molecule has 5 nitrogen and oxygen atoms in total. The molecule has 0 aliphatic carbocycles. The topological polar surface area (TPSA) is 61.0 Å². The number of aromatic nitrogens is 2. The largest absolute Gasteiger partial charge is 0.381 e. The minimum Gasteiger partial charge on any atom is -0.381 e. The lowest BCUT2D eigenvalue weighted by Gasteiger charge is -2.27. The predicted molar refractivity (Wildman–Crippen MR) is 170 cm³/mol. The van der Waals surface area contributed by atoms with Gasteiger partial charge in [0, 0.05) is 33.6 Å². The second kappa shape index (κ2) is 15.3. The number of carbonyl (C=O) groups excluding carboxylic acids is 1. The van der Waals surface area contributed by atoms with Crippen molar-refractivity contribution in [3.8, 4) is 0 Å². The highest BCUT2D eigenvalue weighted by Gasteiger charge is 2.20. The maximum absolute atomic E-state index is 10.6. The third-order valence-corrected chi connectivity index (χ3v) is 7.25. The smallest absolute Gasteiger partial charge is 0.150 e. The summed E-state index contributed by atoms with van der Waals surface area (Å²) in [4.78, 5) is 22.2. The van der Waals surface area contributed by atoms with Crippen molar-refractivity contribution in [1.29, 1.82) is 0 Å². The van der Waals surface area contributed by atoms with E-state index in [9.17, 15) is 4.79 Å². The van der Waals surface area contributed by atoms with E-state index in [4.69, 9.17) is 11.6 Å². The number of aromatic amines is 1. The molecule has 0 spiro atoms. The van der Waals surface area contributed by atoms with Crippen molar-refractivity contribution >= 4 is 47.2 Å². The zero-order chi connectivity index (χ0) is 28.2. The van der Waals surface area contributed by atoms with Gasteiger partial charge in [0.2, 0.25) is 0 Å². The SMILES string of the molecule is CN1CCC(c2nc3ccccc3[nH]2)CC1.O=Cc1cccc(NCc2ccc(Cl)cc2)c1.Sc1ccccc1. The Morgan fingerprint density at radius 2 is 1.65 bits per heavy atom. The van der Waals surface area contributed by atoms with Gasteiger partial charge in [0.15, 0.2) is 0 Å². The molecule has 0 atom stereocenters. The van der Waals surface area contributed by atoms with Gasteiger partial charge in [-0.15, -0.1) is 12.6 Å². The molecule has 0 unspecified atom stereocenters. The van der Waals surface area contributed by atoms with Gasteiger partial charge in [0.25, 0.3) is 0 Å². The highest BCUT2D eigenvalue weighted by Crippen LogP contribution is 2.27. The van der Waals surface area contributed by atoms with Crippen LogP contribution in [0.5, 0.6) is 0 Å². The number of thiol groups is 1. The molecular formula is C33H35ClN4OS. The molecule has 5 aromatic rings. The molecule has 1 saturated heterocycles. The van der Waals surface area contributed by atoms with Gasteiger partial charge in [-0.3, -0.25) is 4.79 Å². The first-order valence-electron chi connectivity index (χ1n) is 13.4. The van der Waals surface area contributed by atoms with Crippen LogP contribution in [0.15, 0.2) is 108 Å². The van der Waals surface area contributed by atoms with E-state index in [-0.39, 0.29) is 0 Å². The molecule has 1 aliphatic rings. The number of imidazole rings is 1. The number of H-pyrrole nitrogens is 1. The van der Waals surface area contributed by atoms with Crippen molar-refractivity contribution in [3.63, 3.8) is 0 Å². The van der Waals surface area contributed by atoms with Crippen LogP contribution < -0.4 is 5.32 Å². The third kappa shape index (κ3) is 9.26. The Hall–Kier alpha value is -3.58. The first kappa shape index (κ1) is 29.4. The minimum atomic E-state index is 0.614. The third-order valence-electron chi connectivity index (χ3n) is 6.70. The van der Waals surface area contributed by atoms with Gasteiger partial charge in [-0.05, 0) is 87.1 Å². The van der Waals surface area contributed by atoms with E-state index in [1.54, 1.807) is 6.07 Å². The van der Waals surface area contributed by atoms with Crippen LogP contribution in [-0.2, 0) is 6.54 Å². The Bertz CT molecular complexity index is 1430. The molecule has 0 radical (unpaired) electrons. The Labute approximate surface area is 247 Å². The van der Waals surface area contributed by atoms with Crippen LogP contribution in [0, 0.1) is 0 Å².